The van der Waals surface area contributed by atoms with E-state index in [0.717, 1.165) is 17.7 Å². The Morgan fingerprint density at radius 1 is 1.10 bits per heavy atom. The zero-order chi connectivity index (χ0) is 21.4. The highest BCUT2D eigenvalue weighted by Gasteiger charge is 2.30. The molecule has 0 aromatic heterocycles. The number of benzene rings is 2. The van der Waals surface area contributed by atoms with Crippen molar-refractivity contribution in [2.75, 3.05) is 25.0 Å². The van der Waals surface area contributed by atoms with Gasteiger partial charge in [-0.05, 0) is 43.2 Å². The zero-order valence-electron chi connectivity index (χ0n) is 16.3. The molecule has 0 aliphatic heterocycles. The first-order chi connectivity index (χ1) is 13.7. The maximum Gasteiger partial charge on any atom is 0.416 e. The highest BCUT2D eigenvalue weighted by atomic mass is 19.4. The fraction of sp³-hybridized carbons (Fsp3) is 0.333. The van der Waals surface area contributed by atoms with Crippen LogP contribution in [-0.2, 0) is 15.8 Å². The minimum absolute atomic E-state index is 0.0611. The number of halogens is 3. The quantitative estimate of drug-likeness (QED) is 0.710. The van der Waals surface area contributed by atoms with Crippen LogP contribution in [0.5, 0.6) is 5.75 Å². The highest BCUT2D eigenvalue weighted by Crippen LogP contribution is 2.31. The summed E-state index contributed by atoms with van der Waals surface area (Å²) in [5.74, 6) is -0.904. The van der Waals surface area contributed by atoms with E-state index in [1.165, 1.54) is 17.0 Å². The summed E-state index contributed by atoms with van der Waals surface area (Å²) >= 11 is 0. The van der Waals surface area contributed by atoms with E-state index in [1.54, 1.807) is 12.1 Å². The van der Waals surface area contributed by atoms with Gasteiger partial charge in [-0.25, -0.2) is 0 Å². The minimum atomic E-state index is -4.49. The first kappa shape index (κ1) is 22.3. The molecule has 156 valence electrons. The third kappa shape index (κ3) is 6.81. The summed E-state index contributed by atoms with van der Waals surface area (Å²) in [6, 6.07) is 11.6. The highest BCUT2D eigenvalue weighted by molar-refractivity contribution is 5.95. The molecule has 0 spiro atoms. The van der Waals surface area contributed by atoms with Crippen molar-refractivity contribution in [1.29, 1.82) is 0 Å². The summed E-state index contributed by atoms with van der Waals surface area (Å²) in [7, 11) is 0. The Hall–Kier alpha value is -3.03. The molecular formula is C21H23F3N2O3. The Balaban J connectivity index is 1.97. The summed E-state index contributed by atoms with van der Waals surface area (Å²) in [6.45, 7) is 3.40. The van der Waals surface area contributed by atoms with Crippen molar-refractivity contribution in [3.8, 4) is 5.75 Å². The summed E-state index contributed by atoms with van der Waals surface area (Å²) in [4.78, 5) is 26.1. The van der Waals surface area contributed by atoms with Crippen molar-refractivity contribution < 1.29 is 27.5 Å². The number of alkyl halides is 3. The first-order valence-corrected chi connectivity index (χ1v) is 9.14. The summed E-state index contributed by atoms with van der Waals surface area (Å²) in [5, 5.41) is 2.75. The van der Waals surface area contributed by atoms with E-state index >= 15 is 0 Å². The van der Waals surface area contributed by atoms with Crippen molar-refractivity contribution in [1.82, 2.24) is 4.90 Å². The molecule has 0 heterocycles. The number of nitrogens with one attached hydrogen (secondary N) is 1. The van der Waals surface area contributed by atoms with Crippen molar-refractivity contribution in [2.24, 2.45) is 0 Å². The summed E-state index contributed by atoms with van der Waals surface area (Å²) < 4.78 is 43.5. The Bertz CT molecular complexity index is 853. The third-order valence-corrected chi connectivity index (χ3v) is 4.12. The molecule has 29 heavy (non-hydrogen) atoms. The number of hydrogen-bond donors (Lipinski definition) is 1. The van der Waals surface area contributed by atoms with Gasteiger partial charge in [-0.2, -0.15) is 13.2 Å². The van der Waals surface area contributed by atoms with Crippen LogP contribution < -0.4 is 10.1 Å². The van der Waals surface area contributed by atoms with Gasteiger partial charge in [0.2, 0.25) is 5.91 Å². The van der Waals surface area contributed by atoms with Crippen molar-refractivity contribution in [3.63, 3.8) is 0 Å². The average Bonchev–Trinajstić information content (AvgIpc) is 2.67. The number of carbonyl (C=O) groups excluding carboxylic acids is 2. The van der Waals surface area contributed by atoms with Gasteiger partial charge in [0.25, 0.3) is 5.91 Å². The fourth-order valence-electron chi connectivity index (χ4n) is 2.64. The normalized spacial score (nSPS) is 11.1. The van der Waals surface area contributed by atoms with Crippen LogP contribution in [0, 0.1) is 6.92 Å². The van der Waals surface area contributed by atoms with Crippen LogP contribution in [0.3, 0.4) is 0 Å². The van der Waals surface area contributed by atoms with Crippen LogP contribution in [0.25, 0.3) is 0 Å². The van der Waals surface area contributed by atoms with Gasteiger partial charge in [0, 0.05) is 12.2 Å². The first-order valence-electron chi connectivity index (χ1n) is 9.14. The predicted molar refractivity (Wildman–Crippen MR) is 104 cm³/mol. The molecule has 0 fully saturated rings. The van der Waals surface area contributed by atoms with Gasteiger partial charge in [0.05, 0.1) is 12.1 Å². The van der Waals surface area contributed by atoms with Gasteiger partial charge in [-0.1, -0.05) is 31.2 Å². The number of nitrogens with zero attached hydrogens (tertiary/aromatic N) is 1. The average molecular weight is 408 g/mol. The lowest BCUT2D eigenvalue weighted by Crippen LogP contribution is -2.41. The molecule has 0 aliphatic carbocycles. The van der Waals surface area contributed by atoms with Crippen LogP contribution in [-0.4, -0.2) is 36.4 Å². The molecule has 8 heteroatoms. The van der Waals surface area contributed by atoms with Gasteiger partial charge >= 0.3 is 6.18 Å². The molecule has 5 nitrogen and oxygen atoms in total. The van der Waals surface area contributed by atoms with E-state index in [9.17, 15) is 22.8 Å². The lowest BCUT2D eigenvalue weighted by atomic mass is 10.2. The molecule has 0 bridgehead atoms. The minimum Gasteiger partial charge on any atom is -0.484 e. The SMILES string of the molecule is CCCN(CC(=O)Nc1ccccc1C)C(=O)COc1cccc(C(F)(F)F)c1. The maximum absolute atomic E-state index is 12.8. The predicted octanol–water partition coefficient (Wildman–Crippen LogP) is 4.27. The van der Waals surface area contributed by atoms with E-state index in [4.69, 9.17) is 4.74 Å². The summed E-state index contributed by atoms with van der Waals surface area (Å²) in [6.07, 6.45) is -3.88. The van der Waals surface area contributed by atoms with Gasteiger partial charge in [0.1, 0.15) is 5.75 Å². The molecule has 2 amide bonds. The Morgan fingerprint density at radius 3 is 2.48 bits per heavy atom. The second kappa shape index (κ2) is 9.95. The Kier molecular flexibility index (Phi) is 7.64. The number of hydrogen-bond acceptors (Lipinski definition) is 3. The lowest BCUT2D eigenvalue weighted by Gasteiger charge is -2.22. The van der Waals surface area contributed by atoms with Crippen LogP contribution in [0.2, 0.25) is 0 Å². The molecule has 0 saturated heterocycles. The Labute approximate surface area is 167 Å². The van der Waals surface area contributed by atoms with Crippen LogP contribution in [0.15, 0.2) is 48.5 Å². The number of rotatable bonds is 8. The Morgan fingerprint density at radius 2 is 1.83 bits per heavy atom. The van der Waals surface area contributed by atoms with Crippen molar-refractivity contribution in [2.45, 2.75) is 26.4 Å². The monoisotopic (exact) mass is 408 g/mol. The third-order valence-electron chi connectivity index (χ3n) is 4.12. The second-order valence-electron chi connectivity index (χ2n) is 6.49. The van der Waals surface area contributed by atoms with Crippen LogP contribution in [0.1, 0.15) is 24.5 Å². The van der Waals surface area contributed by atoms with Crippen molar-refractivity contribution >= 4 is 17.5 Å². The number of anilines is 1. The standard InChI is InChI=1S/C21H23F3N2O3/c1-3-11-26(13-19(27)25-18-10-5-4-7-15(18)2)20(28)14-29-17-9-6-8-16(12-17)21(22,23)24/h4-10,12H,3,11,13-14H2,1-2H3,(H,25,27). The molecule has 2 rings (SSSR count). The molecule has 0 aliphatic rings. The van der Waals surface area contributed by atoms with Gasteiger partial charge < -0.3 is 15.0 Å². The molecule has 0 atom stereocenters. The second-order valence-corrected chi connectivity index (χ2v) is 6.49. The van der Waals surface area contributed by atoms with Crippen LogP contribution in [0.4, 0.5) is 18.9 Å². The molecule has 2 aromatic carbocycles. The van der Waals surface area contributed by atoms with Gasteiger partial charge in [-0.15, -0.1) is 0 Å². The number of amides is 2. The number of aryl methyl sites for hydroxylation is 1. The lowest BCUT2D eigenvalue weighted by molar-refractivity contribution is -0.137. The fourth-order valence-corrected chi connectivity index (χ4v) is 2.64. The van der Waals surface area contributed by atoms with E-state index < -0.39 is 24.3 Å². The molecule has 0 radical (unpaired) electrons. The summed E-state index contributed by atoms with van der Waals surface area (Å²) in [5.41, 5.74) is 0.689. The van der Waals surface area contributed by atoms with E-state index in [1.807, 2.05) is 26.0 Å². The number of para-hydroxylation sites is 1. The molecular weight excluding hydrogens is 385 g/mol. The molecule has 2 aromatic rings. The smallest absolute Gasteiger partial charge is 0.416 e. The zero-order valence-corrected chi connectivity index (χ0v) is 16.3. The van der Waals surface area contributed by atoms with Crippen molar-refractivity contribution in [3.05, 3.63) is 59.7 Å². The van der Waals surface area contributed by atoms with E-state index in [2.05, 4.69) is 5.32 Å². The van der Waals surface area contributed by atoms with E-state index in [0.29, 0.717) is 18.7 Å². The maximum atomic E-state index is 12.8. The van der Waals surface area contributed by atoms with Crippen LogP contribution >= 0.6 is 0 Å². The van der Waals surface area contributed by atoms with Gasteiger partial charge in [0.15, 0.2) is 6.61 Å². The molecule has 1 N–H and O–H groups in total. The number of carbonyl (C=O) groups is 2. The largest absolute Gasteiger partial charge is 0.484 e. The molecule has 0 saturated carbocycles. The topological polar surface area (TPSA) is 58.6 Å². The van der Waals surface area contributed by atoms with Gasteiger partial charge in [-0.3, -0.25) is 9.59 Å². The number of ether oxygens (including phenoxy) is 1. The van der Waals surface area contributed by atoms with E-state index in [-0.39, 0.29) is 18.2 Å². The molecule has 0 unspecified atom stereocenters.